The first-order valence-corrected chi connectivity index (χ1v) is 6.18. The van der Waals surface area contributed by atoms with Crippen molar-refractivity contribution in [3.05, 3.63) is 24.3 Å². The third kappa shape index (κ3) is 3.87. The molecule has 1 heterocycles. The summed E-state index contributed by atoms with van der Waals surface area (Å²) in [6, 6.07) is 7.06. The molecule has 6 heteroatoms. The summed E-state index contributed by atoms with van der Waals surface area (Å²) in [5, 5.41) is 2.68. The molecule has 102 valence electrons. The van der Waals surface area contributed by atoms with Gasteiger partial charge in [0.15, 0.2) is 0 Å². The van der Waals surface area contributed by atoms with E-state index in [1.165, 1.54) is 0 Å². The quantitative estimate of drug-likeness (QED) is 0.749. The van der Waals surface area contributed by atoms with Crippen LogP contribution in [-0.2, 0) is 9.59 Å². The normalized spacial score (nSPS) is 14.9. The van der Waals surface area contributed by atoms with Gasteiger partial charge in [-0.3, -0.25) is 9.59 Å². The maximum absolute atomic E-state index is 11.8. The Kier molecular flexibility index (Phi) is 4.22. The molecule has 0 atom stereocenters. The van der Waals surface area contributed by atoms with Crippen LogP contribution in [0.5, 0.6) is 5.75 Å². The molecule has 1 saturated heterocycles. The van der Waals surface area contributed by atoms with Gasteiger partial charge in [0.2, 0.25) is 11.8 Å². The number of ether oxygens (including phenoxy) is 1. The molecule has 6 nitrogen and oxygen atoms in total. The molecule has 0 aromatic heterocycles. The van der Waals surface area contributed by atoms with Crippen molar-refractivity contribution >= 4 is 17.5 Å². The van der Waals surface area contributed by atoms with Gasteiger partial charge in [-0.05, 0) is 12.1 Å². The number of carbonyl (C=O) groups excluding carboxylic acids is 2. The molecule has 1 aliphatic rings. The zero-order valence-corrected chi connectivity index (χ0v) is 10.6. The molecule has 1 aromatic carbocycles. The second-order valence-electron chi connectivity index (χ2n) is 4.34. The Morgan fingerprint density at radius 3 is 3.05 bits per heavy atom. The molecule has 3 N–H and O–H groups in total. The number of nitrogens with zero attached hydrogens (tertiary/aromatic N) is 1. The lowest BCUT2D eigenvalue weighted by Gasteiger charge is -2.26. The number of carbonyl (C=O) groups is 2. The summed E-state index contributed by atoms with van der Waals surface area (Å²) in [7, 11) is 0. The molecule has 1 aliphatic heterocycles. The molecular formula is C13H17N3O3. The van der Waals surface area contributed by atoms with Crippen molar-refractivity contribution in [2.75, 3.05) is 32.0 Å². The van der Waals surface area contributed by atoms with Crippen molar-refractivity contribution in [1.29, 1.82) is 0 Å². The summed E-state index contributed by atoms with van der Waals surface area (Å²) in [5.41, 5.74) is 6.24. The molecule has 0 radical (unpaired) electrons. The lowest BCUT2D eigenvalue weighted by molar-refractivity contribution is -0.138. The molecular weight excluding hydrogens is 246 g/mol. The SMILES string of the molecule is Nc1cccc(OCCC(=O)N2CCNC(=O)C2)c1. The van der Waals surface area contributed by atoms with Gasteiger partial charge >= 0.3 is 0 Å². The highest BCUT2D eigenvalue weighted by atomic mass is 16.5. The topological polar surface area (TPSA) is 84.7 Å². The maximum Gasteiger partial charge on any atom is 0.239 e. The van der Waals surface area contributed by atoms with Gasteiger partial charge in [0.05, 0.1) is 19.6 Å². The molecule has 0 spiro atoms. The molecule has 1 fully saturated rings. The molecule has 0 saturated carbocycles. The van der Waals surface area contributed by atoms with E-state index >= 15 is 0 Å². The first-order chi connectivity index (χ1) is 9.15. The Hall–Kier alpha value is -2.24. The number of piperazine rings is 1. The lowest BCUT2D eigenvalue weighted by atomic mass is 10.3. The van der Waals surface area contributed by atoms with Crippen LogP contribution in [0.3, 0.4) is 0 Å². The Balaban J connectivity index is 1.76. The Morgan fingerprint density at radius 2 is 2.32 bits per heavy atom. The highest BCUT2D eigenvalue weighted by molar-refractivity contribution is 5.85. The van der Waals surface area contributed by atoms with Gasteiger partial charge < -0.3 is 20.7 Å². The average Bonchev–Trinajstić information content (AvgIpc) is 2.38. The van der Waals surface area contributed by atoms with Crippen molar-refractivity contribution in [3.8, 4) is 5.75 Å². The van der Waals surface area contributed by atoms with E-state index in [2.05, 4.69) is 5.32 Å². The predicted molar refractivity (Wildman–Crippen MR) is 70.6 cm³/mol. The fraction of sp³-hybridized carbons (Fsp3) is 0.385. The number of nitrogens with one attached hydrogen (secondary N) is 1. The van der Waals surface area contributed by atoms with Gasteiger partial charge in [0.1, 0.15) is 5.75 Å². The lowest BCUT2D eigenvalue weighted by Crippen LogP contribution is -2.50. The minimum atomic E-state index is -0.114. The third-order valence-electron chi connectivity index (χ3n) is 2.83. The zero-order valence-electron chi connectivity index (χ0n) is 10.6. The van der Waals surface area contributed by atoms with Gasteiger partial charge in [-0.25, -0.2) is 0 Å². The van der Waals surface area contributed by atoms with Gasteiger partial charge in [-0.15, -0.1) is 0 Å². The monoisotopic (exact) mass is 263 g/mol. The second-order valence-corrected chi connectivity index (χ2v) is 4.34. The summed E-state index contributed by atoms with van der Waals surface area (Å²) in [4.78, 5) is 24.5. The highest BCUT2D eigenvalue weighted by Crippen LogP contribution is 2.14. The van der Waals surface area contributed by atoms with E-state index in [0.717, 1.165) is 0 Å². The summed E-state index contributed by atoms with van der Waals surface area (Å²) in [5.74, 6) is 0.458. The van der Waals surface area contributed by atoms with Gasteiger partial charge in [-0.1, -0.05) is 6.07 Å². The van der Waals surface area contributed by atoms with E-state index in [4.69, 9.17) is 10.5 Å². The summed E-state index contributed by atoms with van der Waals surface area (Å²) in [6.45, 7) is 1.49. The van der Waals surface area contributed by atoms with Crippen molar-refractivity contribution in [2.24, 2.45) is 0 Å². The number of nitrogens with two attached hydrogens (primary N) is 1. The number of anilines is 1. The summed E-state index contributed by atoms with van der Waals surface area (Å²) >= 11 is 0. The fourth-order valence-corrected chi connectivity index (χ4v) is 1.87. The number of hydrogen-bond donors (Lipinski definition) is 2. The average molecular weight is 263 g/mol. The van der Waals surface area contributed by atoms with E-state index in [1.54, 1.807) is 29.2 Å². The number of benzene rings is 1. The molecule has 0 bridgehead atoms. The van der Waals surface area contributed by atoms with Crippen LogP contribution < -0.4 is 15.8 Å². The van der Waals surface area contributed by atoms with Crippen molar-refractivity contribution in [3.63, 3.8) is 0 Å². The zero-order chi connectivity index (χ0) is 13.7. The molecule has 19 heavy (non-hydrogen) atoms. The van der Waals surface area contributed by atoms with Gasteiger partial charge in [0, 0.05) is 24.8 Å². The van der Waals surface area contributed by atoms with Crippen molar-refractivity contribution in [1.82, 2.24) is 10.2 Å². The second kappa shape index (κ2) is 6.08. The first-order valence-electron chi connectivity index (χ1n) is 6.18. The van der Waals surface area contributed by atoms with Crippen LogP contribution in [-0.4, -0.2) is 43.0 Å². The van der Waals surface area contributed by atoms with Gasteiger partial charge in [-0.2, -0.15) is 0 Å². The van der Waals surface area contributed by atoms with Crippen LogP contribution in [0.15, 0.2) is 24.3 Å². The van der Waals surface area contributed by atoms with Crippen LogP contribution in [0.1, 0.15) is 6.42 Å². The maximum atomic E-state index is 11.8. The van der Waals surface area contributed by atoms with Gasteiger partial charge in [0.25, 0.3) is 0 Å². The summed E-state index contributed by atoms with van der Waals surface area (Å²) < 4.78 is 5.45. The van der Waals surface area contributed by atoms with E-state index in [9.17, 15) is 9.59 Å². The van der Waals surface area contributed by atoms with Crippen LogP contribution >= 0.6 is 0 Å². The molecule has 0 aliphatic carbocycles. The summed E-state index contributed by atoms with van der Waals surface area (Å²) in [6.07, 6.45) is 0.252. The Morgan fingerprint density at radius 1 is 1.47 bits per heavy atom. The molecule has 2 rings (SSSR count). The highest BCUT2D eigenvalue weighted by Gasteiger charge is 2.20. The minimum absolute atomic E-state index is 0.0706. The van der Waals surface area contributed by atoms with Crippen LogP contribution in [0.4, 0.5) is 5.69 Å². The number of amides is 2. The number of hydrogen-bond acceptors (Lipinski definition) is 4. The predicted octanol–water partition coefficient (Wildman–Crippen LogP) is -0.00390. The largest absolute Gasteiger partial charge is 0.493 e. The number of nitrogen functional groups attached to an aromatic ring is 1. The van der Waals surface area contributed by atoms with Crippen molar-refractivity contribution < 1.29 is 14.3 Å². The first kappa shape index (κ1) is 13.2. The van der Waals surface area contributed by atoms with Crippen LogP contribution in [0.25, 0.3) is 0 Å². The van der Waals surface area contributed by atoms with E-state index in [-0.39, 0.29) is 31.4 Å². The van der Waals surface area contributed by atoms with E-state index in [0.29, 0.717) is 24.5 Å². The Bertz CT molecular complexity index is 476. The van der Waals surface area contributed by atoms with Crippen molar-refractivity contribution in [2.45, 2.75) is 6.42 Å². The van der Waals surface area contributed by atoms with E-state index in [1.807, 2.05) is 0 Å². The molecule has 2 amide bonds. The number of rotatable bonds is 4. The van der Waals surface area contributed by atoms with Crippen LogP contribution in [0, 0.1) is 0 Å². The Labute approximate surface area is 111 Å². The minimum Gasteiger partial charge on any atom is -0.493 e. The standard InChI is InChI=1S/C13H17N3O3/c14-10-2-1-3-11(8-10)19-7-4-13(18)16-6-5-15-12(17)9-16/h1-3,8H,4-7,9,14H2,(H,15,17). The molecule has 0 unspecified atom stereocenters. The fourth-order valence-electron chi connectivity index (χ4n) is 1.87. The third-order valence-corrected chi connectivity index (χ3v) is 2.83. The molecule has 1 aromatic rings. The smallest absolute Gasteiger partial charge is 0.239 e. The van der Waals surface area contributed by atoms with Crippen LogP contribution in [0.2, 0.25) is 0 Å². The van der Waals surface area contributed by atoms with E-state index < -0.39 is 0 Å².